The van der Waals surface area contributed by atoms with Crippen molar-refractivity contribution in [3.05, 3.63) is 45.4 Å². The summed E-state index contributed by atoms with van der Waals surface area (Å²) in [5.41, 5.74) is 1.29. The van der Waals surface area contributed by atoms with E-state index in [0.29, 0.717) is 27.9 Å². The molecule has 0 atom stereocenters. The van der Waals surface area contributed by atoms with Crippen LogP contribution in [0.1, 0.15) is 21.6 Å². The fourth-order valence-electron chi connectivity index (χ4n) is 3.01. The van der Waals surface area contributed by atoms with Crippen molar-refractivity contribution in [3.8, 4) is 10.8 Å². The van der Waals surface area contributed by atoms with E-state index in [1.807, 2.05) is 0 Å². The van der Waals surface area contributed by atoms with Crippen LogP contribution in [0.25, 0.3) is 10.9 Å². The van der Waals surface area contributed by atoms with Crippen molar-refractivity contribution < 1.29 is 33.0 Å². The Bertz CT molecular complexity index is 1080. The van der Waals surface area contributed by atoms with Crippen molar-refractivity contribution in [2.24, 2.45) is 0 Å². The molecule has 0 fully saturated rings. The highest BCUT2D eigenvalue weighted by molar-refractivity contribution is 7.12. The van der Waals surface area contributed by atoms with E-state index < -0.39 is 18.5 Å². The Labute approximate surface area is 166 Å². The van der Waals surface area contributed by atoms with E-state index in [1.165, 1.54) is 23.1 Å². The monoisotopic (exact) mass is 429 g/mol. The highest BCUT2D eigenvalue weighted by Crippen LogP contribution is 2.39. The standard InChI is InChI=1S/C18H14ClF2NO5S/c1-8-10(6-13(23)24)15-11(3-4-12(26-2)16(15)19)22(8)17(25)9-5-14(28-7-9)27-18(20)21/h3-5,7,18H,6H2,1-2H3,(H,23,24). The van der Waals surface area contributed by atoms with Gasteiger partial charge in [0.25, 0.3) is 5.91 Å². The maximum Gasteiger partial charge on any atom is 0.388 e. The zero-order valence-corrected chi connectivity index (χ0v) is 16.2. The summed E-state index contributed by atoms with van der Waals surface area (Å²) >= 11 is 7.25. The first kappa shape index (κ1) is 20.1. The van der Waals surface area contributed by atoms with Crippen LogP contribution in [0.3, 0.4) is 0 Å². The number of methoxy groups -OCH3 is 1. The number of aliphatic carboxylic acids is 1. The molecule has 0 aliphatic heterocycles. The average molecular weight is 430 g/mol. The summed E-state index contributed by atoms with van der Waals surface area (Å²) in [5.74, 6) is -1.26. The van der Waals surface area contributed by atoms with Gasteiger partial charge in [0.05, 0.1) is 29.6 Å². The number of aromatic nitrogens is 1. The van der Waals surface area contributed by atoms with E-state index in [-0.39, 0.29) is 22.1 Å². The SMILES string of the molecule is COc1ccc2c(c1Cl)c(CC(=O)O)c(C)n2C(=O)c1csc(OC(F)F)c1. The number of halogens is 3. The number of carbonyl (C=O) groups is 2. The zero-order chi connectivity index (χ0) is 20.6. The van der Waals surface area contributed by atoms with Crippen LogP contribution in [-0.2, 0) is 11.2 Å². The molecule has 0 bridgehead atoms. The first-order valence-corrected chi connectivity index (χ1v) is 9.16. The fraction of sp³-hybridized carbons (Fsp3) is 0.222. The van der Waals surface area contributed by atoms with E-state index in [9.17, 15) is 23.5 Å². The Morgan fingerprint density at radius 2 is 2.07 bits per heavy atom. The number of carbonyl (C=O) groups excluding carboxylic acids is 1. The highest BCUT2D eigenvalue weighted by atomic mass is 35.5. The fourth-order valence-corrected chi connectivity index (χ4v) is 4.10. The molecule has 2 aromatic heterocycles. The minimum atomic E-state index is -3.00. The minimum Gasteiger partial charge on any atom is -0.495 e. The smallest absolute Gasteiger partial charge is 0.388 e. The Morgan fingerprint density at radius 1 is 1.36 bits per heavy atom. The maximum atomic E-state index is 13.0. The molecule has 0 aliphatic carbocycles. The molecule has 3 aromatic rings. The Hall–Kier alpha value is -2.65. The molecule has 0 saturated carbocycles. The normalized spacial score (nSPS) is 11.2. The molecule has 0 saturated heterocycles. The highest BCUT2D eigenvalue weighted by Gasteiger charge is 2.25. The van der Waals surface area contributed by atoms with Crippen LogP contribution in [0.4, 0.5) is 8.78 Å². The second-order valence-corrected chi connectivity index (χ2v) is 7.04. The summed E-state index contributed by atoms with van der Waals surface area (Å²) in [6, 6.07) is 4.38. The van der Waals surface area contributed by atoms with Crippen molar-refractivity contribution in [2.75, 3.05) is 7.11 Å². The first-order valence-electron chi connectivity index (χ1n) is 7.90. The molecule has 10 heteroatoms. The number of thiophene rings is 1. The molecule has 0 unspecified atom stereocenters. The molecular formula is C18H14ClF2NO5S. The quantitative estimate of drug-likeness (QED) is 0.620. The number of alkyl halides is 2. The third-order valence-corrected chi connectivity index (χ3v) is 5.37. The van der Waals surface area contributed by atoms with Gasteiger partial charge in [-0.2, -0.15) is 8.78 Å². The number of ether oxygens (including phenoxy) is 2. The number of carboxylic acid groups (broad SMARTS) is 1. The summed E-state index contributed by atoms with van der Waals surface area (Å²) in [5, 5.41) is 11.2. The van der Waals surface area contributed by atoms with Crippen LogP contribution in [0, 0.1) is 6.92 Å². The molecule has 0 aliphatic rings. The van der Waals surface area contributed by atoms with Gasteiger partial charge < -0.3 is 14.6 Å². The van der Waals surface area contributed by atoms with E-state index in [2.05, 4.69) is 4.74 Å². The lowest BCUT2D eigenvalue weighted by Crippen LogP contribution is -2.13. The molecule has 0 radical (unpaired) electrons. The molecule has 6 nitrogen and oxygen atoms in total. The molecule has 0 amide bonds. The van der Waals surface area contributed by atoms with Crippen molar-refractivity contribution in [1.82, 2.24) is 4.57 Å². The van der Waals surface area contributed by atoms with Gasteiger partial charge in [0, 0.05) is 22.5 Å². The van der Waals surface area contributed by atoms with Gasteiger partial charge in [-0.25, -0.2) is 0 Å². The number of hydrogen-bond donors (Lipinski definition) is 1. The second-order valence-electron chi connectivity index (χ2n) is 5.78. The Morgan fingerprint density at radius 3 is 2.68 bits per heavy atom. The third-order valence-electron chi connectivity index (χ3n) is 4.18. The van der Waals surface area contributed by atoms with E-state index in [4.69, 9.17) is 16.3 Å². The van der Waals surface area contributed by atoms with E-state index in [1.54, 1.807) is 19.1 Å². The predicted molar refractivity (Wildman–Crippen MR) is 100 cm³/mol. The maximum absolute atomic E-state index is 13.0. The molecule has 0 spiro atoms. The second kappa shape index (κ2) is 7.76. The van der Waals surface area contributed by atoms with Gasteiger partial charge in [-0.1, -0.05) is 11.6 Å². The predicted octanol–water partition coefficient (Wildman–Crippen LogP) is 4.59. The number of carboxylic acids is 1. The van der Waals surface area contributed by atoms with E-state index in [0.717, 1.165) is 11.3 Å². The van der Waals surface area contributed by atoms with Crippen LogP contribution in [0.5, 0.6) is 10.8 Å². The minimum absolute atomic E-state index is 0.0991. The summed E-state index contributed by atoms with van der Waals surface area (Å²) in [6.45, 7) is -1.40. The van der Waals surface area contributed by atoms with Crippen LogP contribution in [-0.4, -0.2) is 35.3 Å². The number of hydrogen-bond acceptors (Lipinski definition) is 5. The van der Waals surface area contributed by atoms with Crippen molar-refractivity contribution >= 4 is 45.7 Å². The lowest BCUT2D eigenvalue weighted by atomic mass is 10.1. The Balaban J connectivity index is 2.19. The lowest BCUT2D eigenvalue weighted by Gasteiger charge is -2.07. The molecule has 1 aromatic carbocycles. The number of fused-ring (bicyclic) bond motifs is 1. The van der Waals surface area contributed by atoms with Gasteiger partial charge in [-0.3, -0.25) is 14.2 Å². The molecule has 3 rings (SSSR count). The number of nitrogens with zero attached hydrogens (tertiary/aromatic N) is 1. The van der Waals surface area contributed by atoms with Gasteiger partial charge in [0.15, 0.2) is 5.06 Å². The first-order chi connectivity index (χ1) is 13.2. The molecule has 2 heterocycles. The van der Waals surface area contributed by atoms with Gasteiger partial charge in [-0.15, -0.1) is 11.3 Å². The number of rotatable bonds is 6. The van der Waals surface area contributed by atoms with Gasteiger partial charge >= 0.3 is 12.6 Å². The third kappa shape index (κ3) is 3.55. The number of benzene rings is 1. The van der Waals surface area contributed by atoms with E-state index >= 15 is 0 Å². The van der Waals surface area contributed by atoms with Gasteiger partial charge in [-0.05, 0) is 24.6 Å². The molecular weight excluding hydrogens is 416 g/mol. The van der Waals surface area contributed by atoms with Crippen LogP contribution >= 0.6 is 22.9 Å². The van der Waals surface area contributed by atoms with Crippen molar-refractivity contribution in [1.29, 1.82) is 0 Å². The topological polar surface area (TPSA) is 77.8 Å². The summed E-state index contributed by atoms with van der Waals surface area (Å²) in [7, 11) is 1.43. The molecule has 148 valence electrons. The Kier molecular flexibility index (Phi) is 5.57. The van der Waals surface area contributed by atoms with Gasteiger partial charge in [0.1, 0.15) is 5.75 Å². The summed E-state index contributed by atoms with van der Waals surface area (Å²) in [4.78, 5) is 24.4. The van der Waals surface area contributed by atoms with Crippen LogP contribution < -0.4 is 9.47 Å². The molecule has 1 N–H and O–H groups in total. The lowest BCUT2D eigenvalue weighted by molar-refractivity contribution is -0.136. The average Bonchev–Trinajstić information content (AvgIpc) is 3.18. The largest absolute Gasteiger partial charge is 0.495 e. The van der Waals surface area contributed by atoms with Gasteiger partial charge in [0.2, 0.25) is 0 Å². The summed E-state index contributed by atoms with van der Waals surface area (Å²) in [6.07, 6.45) is -0.348. The van der Waals surface area contributed by atoms with Crippen molar-refractivity contribution in [2.45, 2.75) is 20.0 Å². The van der Waals surface area contributed by atoms with Crippen LogP contribution in [0.15, 0.2) is 23.6 Å². The van der Waals surface area contributed by atoms with Crippen molar-refractivity contribution in [3.63, 3.8) is 0 Å². The summed E-state index contributed by atoms with van der Waals surface area (Å²) < 4.78 is 35.6. The zero-order valence-electron chi connectivity index (χ0n) is 14.7. The van der Waals surface area contributed by atoms with Crippen LogP contribution in [0.2, 0.25) is 5.02 Å². The molecule has 28 heavy (non-hydrogen) atoms.